The van der Waals surface area contributed by atoms with Gasteiger partial charge < -0.3 is 9.84 Å². The van der Waals surface area contributed by atoms with Crippen molar-refractivity contribution in [3.8, 4) is 0 Å². The lowest BCUT2D eigenvalue weighted by Crippen LogP contribution is -2.31. The molecule has 1 N–H and O–H groups in total. The second kappa shape index (κ2) is 10.1. The quantitative estimate of drug-likeness (QED) is 0.333. The minimum atomic E-state index is -0.925. The van der Waals surface area contributed by atoms with E-state index in [4.69, 9.17) is 4.74 Å². The number of aryl methyl sites for hydroxylation is 1. The number of esters is 1. The number of allylic oxidation sites excluding steroid dienone is 1. The van der Waals surface area contributed by atoms with Crippen molar-refractivity contribution >= 4 is 40.2 Å². The number of aliphatic hydroxyl groups excluding tert-OH is 1. The van der Waals surface area contributed by atoms with Crippen LogP contribution < -0.4 is 4.90 Å². The summed E-state index contributed by atoms with van der Waals surface area (Å²) in [6, 6.07) is 15.9. The summed E-state index contributed by atoms with van der Waals surface area (Å²) in [5.41, 5.74) is 2.77. The van der Waals surface area contributed by atoms with E-state index in [1.807, 2.05) is 54.6 Å². The highest BCUT2D eigenvalue weighted by Gasteiger charge is 2.45. The maximum Gasteiger partial charge on any atom is 0.350 e. The summed E-state index contributed by atoms with van der Waals surface area (Å²) in [5, 5.41) is 11.1. The topological polar surface area (TPSA) is 96.8 Å². The van der Waals surface area contributed by atoms with Crippen molar-refractivity contribution in [3.63, 3.8) is 0 Å². The molecule has 1 aliphatic rings. The van der Waals surface area contributed by atoms with E-state index in [9.17, 15) is 19.5 Å². The van der Waals surface area contributed by atoms with Crippen molar-refractivity contribution in [1.29, 1.82) is 0 Å². The first-order valence-electron chi connectivity index (χ1n) is 11.7. The monoisotopic (exact) mass is 516 g/mol. The third-order valence-electron chi connectivity index (χ3n) is 6.15. The molecule has 190 valence electrons. The van der Waals surface area contributed by atoms with Gasteiger partial charge in [0.2, 0.25) is 0 Å². The van der Waals surface area contributed by atoms with Crippen LogP contribution in [0.1, 0.15) is 58.9 Å². The van der Waals surface area contributed by atoms with Gasteiger partial charge in [0, 0.05) is 0 Å². The highest BCUT2D eigenvalue weighted by molar-refractivity contribution is 7.17. The second-order valence-electron chi connectivity index (χ2n) is 9.72. The fourth-order valence-electron chi connectivity index (χ4n) is 4.13. The Morgan fingerprint density at radius 1 is 1.08 bits per heavy atom. The lowest BCUT2D eigenvalue weighted by molar-refractivity contribution is -0.117. The minimum absolute atomic E-state index is 0.0480. The number of methoxy groups -OCH3 is 1. The summed E-state index contributed by atoms with van der Waals surface area (Å²) < 4.78 is 4.84. The molecule has 7 nitrogen and oxygen atoms in total. The van der Waals surface area contributed by atoms with Crippen molar-refractivity contribution in [3.05, 3.63) is 99.3 Å². The van der Waals surface area contributed by atoms with E-state index in [1.54, 1.807) is 13.0 Å². The van der Waals surface area contributed by atoms with Gasteiger partial charge in [0.25, 0.3) is 5.91 Å². The van der Waals surface area contributed by atoms with Gasteiger partial charge in [-0.15, -0.1) is 0 Å². The second-order valence-corrected chi connectivity index (χ2v) is 10.7. The fourth-order valence-corrected chi connectivity index (χ4v) is 5.14. The Kier molecular flexibility index (Phi) is 7.14. The third-order valence-corrected chi connectivity index (χ3v) is 7.29. The number of anilines is 1. The summed E-state index contributed by atoms with van der Waals surface area (Å²) in [6.45, 7) is 7.92. The van der Waals surface area contributed by atoms with E-state index < -0.39 is 29.5 Å². The van der Waals surface area contributed by atoms with Crippen LogP contribution in [0.5, 0.6) is 0 Å². The Labute approximate surface area is 219 Å². The van der Waals surface area contributed by atoms with Gasteiger partial charge in [0.1, 0.15) is 4.88 Å². The van der Waals surface area contributed by atoms with Gasteiger partial charge in [0.05, 0.1) is 24.4 Å². The zero-order valence-electron chi connectivity index (χ0n) is 21.3. The van der Waals surface area contributed by atoms with Crippen LogP contribution in [0.4, 0.5) is 5.13 Å². The molecule has 1 amide bonds. The Bertz CT molecular complexity index is 1410. The van der Waals surface area contributed by atoms with E-state index in [-0.39, 0.29) is 21.0 Å². The number of rotatable bonds is 6. The molecule has 2 heterocycles. The van der Waals surface area contributed by atoms with E-state index in [0.717, 1.165) is 22.5 Å². The molecule has 0 spiro atoms. The Balaban J connectivity index is 1.81. The first kappa shape index (κ1) is 26.0. The number of aromatic nitrogens is 1. The largest absolute Gasteiger partial charge is 0.503 e. The van der Waals surface area contributed by atoms with Crippen LogP contribution in [0.15, 0.2) is 72.0 Å². The molecular formula is C29H28N2O5S. The average Bonchev–Trinajstić information content (AvgIpc) is 3.39. The molecule has 0 aliphatic carbocycles. The van der Waals surface area contributed by atoms with Crippen LogP contribution in [-0.4, -0.2) is 34.9 Å². The molecule has 3 aromatic rings. The number of ketones is 1. The smallest absolute Gasteiger partial charge is 0.350 e. The number of hydrogen-bond donors (Lipinski definition) is 1. The normalized spacial score (nSPS) is 16.1. The first-order valence-corrected chi connectivity index (χ1v) is 12.5. The zero-order chi connectivity index (χ0) is 26.9. The van der Waals surface area contributed by atoms with Crippen molar-refractivity contribution in [2.24, 2.45) is 0 Å². The molecule has 2 aromatic carbocycles. The highest BCUT2D eigenvalue weighted by atomic mass is 32.1. The predicted octanol–water partition coefficient (Wildman–Crippen LogP) is 5.72. The van der Waals surface area contributed by atoms with E-state index in [1.165, 1.54) is 18.1 Å². The Morgan fingerprint density at radius 3 is 2.32 bits per heavy atom. The molecular weight excluding hydrogens is 488 g/mol. The molecule has 0 bridgehead atoms. The number of thiazole rings is 1. The summed E-state index contributed by atoms with van der Waals surface area (Å²) >= 11 is 0.977. The molecule has 8 heteroatoms. The van der Waals surface area contributed by atoms with Crippen LogP contribution in [0, 0.1) is 6.92 Å². The maximum absolute atomic E-state index is 13.4. The van der Waals surface area contributed by atoms with Crippen molar-refractivity contribution in [1.82, 2.24) is 4.98 Å². The summed E-state index contributed by atoms with van der Waals surface area (Å²) in [5.74, 6) is -2.46. The number of carbonyl (C=O) groups excluding carboxylic acids is 3. The van der Waals surface area contributed by atoms with Gasteiger partial charge >= 0.3 is 5.97 Å². The number of benzene rings is 2. The lowest BCUT2D eigenvalue weighted by Gasteiger charge is -2.25. The number of aliphatic hydroxyl groups is 1. The van der Waals surface area contributed by atoms with Crippen molar-refractivity contribution < 1.29 is 24.2 Å². The molecule has 1 unspecified atom stereocenters. The summed E-state index contributed by atoms with van der Waals surface area (Å²) in [4.78, 5) is 44.9. The zero-order valence-corrected chi connectivity index (χ0v) is 22.1. The predicted molar refractivity (Wildman–Crippen MR) is 144 cm³/mol. The average molecular weight is 517 g/mol. The summed E-state index contributed by atoms with van der Waals surface area (Å²) in [6.07, 6.45) is 2.99. The van der Waals surface area contributed by atoms with Gasteiger partial charge in [-0.2, -0.15) is 0 Å². The molecule has 1 aromatic heterocycles. The van der Waals surface area contributed by atoms with Crippen LogP contribution in [0.25, 0.3) is 6.08 Å². The number of nitrogens with zero attached hydrogens (tertiary/aromatic N) is 2. The number of ether oxygens (including phenoxy) is 1. The van der Waals surface area contributed by atoms with Crippen LogP contribution in [0.3, 0.4) is 0 Å². The van der Waals surface area contributed by atoms with E-state index in [0.29, 0.717) is 11.3 Å². The van der Waals surface area contributed by atoms with E-state index in [2.05, 4.69) is 25.8 Å². The van der Waals surface area contributed by atoms with Gasteiger partial charge in [-0.3, -0.25) is 14.5 Å². The van der Waals surface area contributed by atoms with Crippen molar-refractivity contribution in [2.75, 3.05) is 12.0 Å². The molecule has 0 saturated heterocycles. The van der Waals surface area contributed by atoms with Crippen molar-refractivity contribution in [2.45, 2.75) is 39.2 Å². The van der Waals surface area contributed by atoms with Crippen LogP contribution in [0.2, 0.25) is 0 Å². The highest BCUT2D eigenvalue weighted by Crippen LogP contribution is 2.43. The Hall–Kier alpha value is -4.04. The molecule has 0 fully saturated rings. The van der Waals surface area contributed by atoms with Crippen LogP contribution in [-0.2, 0) is 19.7 Å². The molecule has 0 saturated carbocycles. The molecule has 37 heavy (non-hydrogen) atoms. The molecule has 1 atom stereocenters. The molecule has 0 radical (unpaired) electrons. The van der Waals surface area contributed by atoms with Gasteiger partial charge in [-0.1, -0.05) is 92.8 Å². The van der Waals surface area contributed by atoms with E-state index >= 15 is 0 Å². The fraction of sp³-hybridized carbons (Fsp3) is 0.241. The molecule has 1 aliphatic heterocycles. The molecule has 4 rings (SSSR count). The maximum atomic E-state index is 13.4. The Morgan fingerprint density at radius 2 is 1.73 bits per heavy atom. The number of carbonyl (C=O) groups is 3. The SMILES string of the molecule is COC(=O)c1sc(N2C(=O)C(O)=C(C(=O)/C=C/c3ccccc3)C2c2ccc(C(C)(C)C)cc2)nc1C. The van der Waals surface area contributed by atoms with Crippen LogP contribution >= 0.6 is 11.3 Å². The third kappa shape index (κ3) is 5.11. The van der Waals surface area contributed by atoms with Gasteiger partial charge in [0.15, 0.2) is 16.7 Å². The number of amides is 1. The minimum Gasteiger partial charge on any atom is -0.503 e. The first-order chi connectivity index (χ1) is 17.5. The summed E-state index contributed by atoms with van der Waals surface area (Å²) in [7, 11) is 1.27. The number of hydrogen-bond acceptors (Lipinski definition) is 7. The lowest BCUT2D eigenvalue weighted by atomic mass is 9.85. The van der Waals surface area contributed by atoms with Gasteiger partial charge in [-0.05, 0) is 35.1 Å². The standard InChI is InChI=1S/C29H28N2O5S/c1-17-25(27(35)36-5)37-28(30-17)31-23(19-12-14-20(15-13-19)29(2,3)4)22(24(33)26(31)34)21(32)16-11-18-9-7-6-8-10-18/h6-16,23,33H,1-5H3/b16-11+. The van der Waals surface area contributed by atoms with Gasteiger partial charge in [-0.25, -0.2) is 9.78 Å².